The fraction of sp³-hybridized carbons (Fsp3) is 0.267. The normalized spacial score (nSPS) is 12.1. The third-order valence-corrected chi connectivity index (χ3v) is 3.14. The minimum Gasteiger partial charge on any atom is -0.481 e. The van der Waals surface area contributed by atoms with Crippen LogP contribution in [0.4, 0.5) is 0 Å². The Labute approximate surface area is 112 Å². The summed E-state index contributed by atoms with van der Waals surface area (Å²) in [6.07, 6.45) is 2.05. The molecule has 1 heterocycles. The number of carbonyl (C=O) groups is 1. The molecule has 98 valence electrons. The molecule has 0 aliphatic heterocycles. The maximum absolute atomic E-state index is 11.5. The average molecular weight is 256 g/mol. The summed E-state index contributed by atoms with van der Waals surface area (Å²) in [5.41, 5.74) is 2.69. The van der Waals surface area contributed by atoms with Gasteiger partial charge in [-0.15, -0.1) is 0 Å². The number of aromatic nitrogens is 2. The van der Waals surface area contributed by atoms with E-state index < -0.39 is 11.9 Å². The molecular formula is C15H16N2O2. The molecule has 4 nitrogen and oxygen atoms in total. The summed E-state index contributed by atoms with van der Waals surface area (Å²) in [4.78, 5) is 19.7. The zero-order chi connectivity index (χ0) is 13.8. The van der Waals surface area contributed by atoms with Gasteiger partial charge in [0.25, 0.3) is 0 Å². The largest absolute Gasteiger partial charge is 0.481 e. The van der Waals surface area contributed by atoms with Crippen molar-refractivity contribution < 1.29 is 9.90 Å². The summed E-state index contributed by atoms with van der Waals surface area (Å²) in [5.74, 6) is -0.905. The first-order chi connectivity index (χ1) is 9.08. The topological polar surface area (TPSA) is 63.1 Å². The van der Waals surface area contributed by atoms with Crippen molar-refractivity contribution in [1.82, 2.24) is 9.97 Å². The van der Waals surface area contributed by atoms with Crippen LogP contribution in [0.5, 0.6) is 0 Å². The standard InChI is InChI=1S/C15H16N2O2/c1-10-5-3-4-6-12(10)9-13(15(18)19)14-7-8-16-11(2)17-14/h3-8,13H,9H2,1-2H3,(H,18,19). The molecule has 19 heavy (non-hydrogen) atoms. The van der Waals surface area contributed by atoms with Crippen LogP contribution in [0, 0.1) is 13.8 Å². The van der Waals surface area contributed by atoms with Crippen molar-refractivity contribution in [3.63, 3.8) is 0 Å². The van der Waals surface area contributed by atoms with Gasteiger partial charge in [0.15, 0.2) is 0 Å². The van der Waals surface area contributed by atoms with Crippen molar-refractivity contribution in [3.05, 3.63) is 59.2 Å². The van der Waals surface area contributed by atoms with E-state index in [0.29, 0.717) is 17.9 Å². The molecule has 2 rings (SSSR count). The number of nitrogens with zero attached hydrogens (tertiary/aromatic N) is 2. The highest BCUT2D eigenvalue weighted by atomic mass is 16.4. The highest BCUT2D eigenvalue weighted by Gasteiger charge is 2.22. The van der Waals surface area contributed by atoms with Crippen molar-refractivity contribution >= 4 is 5.97 Å². The van der Waals surface area contributed by atoms with Gasteiger partial charge in [0.05, 0.1) is 5.69 Å². The second-order valence-electron chi connectivity index (χ2n) is 4.55. The van der Waals surface area contributed by atoms with Gasteiger partial charge in [-0.3, -0.25) is 4.79 Å². The van der Waals surface area contributed by atoms with Gasteiger partial charge in [0.1, 0.15) is 11.7 Å². The number of carboxylic acid groups (broad SMARTS) is 1. The average Bonchev–Trinajstić information content (AvgIpc) is 2.37. The van der Waals surface area contributed by atoms with Gasteiger partial charge in [-0.05, 0) is 37.5 Å². The van der Waals surface area contributed by atoms with E-state index in [0.717, 1.165) is 11.1 Å². The second-order valence-corrected chi connectivity index (χ2v) is 4.55. The molecule has 0 aliphatic rings. The number of carboxylic acids is 1. The van der Waals surface area contributed by atoms with E-state index in [1.807, 2.05) is 31.2 Å². The molecule has 1 aromatic heterocycles. The van der Waals surface area contributed by atoms with Crippen molar-refractivity contribution in [2.75, 3.05) is 0 Å². The van der Waals surface area contributed by atoms with Gasteiger partial charge in [-0.2, -0.15) is 0 Å². The first kappa shape index (κ1) is 13.2. The van der Waals surface area contributed by atoms with Gasteiger partial charge < -0.3 is 5.11 Å². The van der Waals surface area contributed by atoms with Crippen LogP contribution in [-0.4, -0.2) is 21.0 Å². The first-order valence-electron chi connectivity index (χ1n) is 6.15. The van der Waals surface area contributed by atoms with Gasteiger partial charge in [0.2, 0.25) is 0 Å². The van der Waals surface area contributed by atoms with Crippen LogP contribution in [-0.2, 0) is 11.2 Å². The number of hydrogen-bond acceptors (Lipinski definition) is 3. The van der Waals surface area contributed by atoms with Crippen LogP contribution in [0.15, 0.2) is 36.5 Å². The lowest BCUT2D eigenvalue weighted by Gasteiger charge is -2.13. The van der Waals surface area contributed by atoms with E-state index >= 15 is 0 Å². The number of benzene rings is 1. The molecule has 1 aromatic carbocycles. The maximum Gasteiger partial charge on any atom is 0.312 e. The van der Waals surface area contributed by atoms with E-state index in [4.69, 9.17) is 0 Å². The van der Waals surface area contributed by atoms with Crippen LogP contribution in [0.2, 0.25) is 0 Å². The van der Waals surface area contributed by atoms with Crippen molar-refractivity contribution in [2.45, 2.75) is 26.2 Å². The van der Waals surface area contributed by atoms with Crippen molar-refractivity contribution in [3.8, 4) is 0 Å². The highest BCUT2D eigenvalue weighted by Crippen LogP contribution is 2.21. The van der Waals surface area contributed by atoms with Crippen LogP contribution in [0.1, 0.15) is 28.6 Å². The summed E-state index contributed by atoms with van der Waals surface area (Å²) in [7, 11) is 0. The molecule has 0 saturated carbocycles. The summed E-state index contributed by atoms with van der Waals surface area (Å²) >= 11 is 0. The molecule has 0 spiro atoms. The smallest absolute Gasteiger partial charge is 0.312 e. The molecule has 2 aromatic rings. The highest BCUT2D eigenvalue weighted by molar-refractivity contribution is 5.75. The molecule has 1 unspecified atom stereocenters. The van der Waals surface area contributed by atoms with Crippen molar-refractivity contribution in [2.24, 2.45) is 0 Å². The predicted octanol–water partition coefficient (Wildman–Crippen LogP) is 2.50. The maximum atomic E-state index is 11.5. The Morgan fingerprint density at radius 2 is 2.00 bits per heavy atom. The van der Waals surface area contributed by atoms with Gasteiger partial charge in [0, 0.05) is 6.20 Å². The molecule has 0 fully saturated rings. The predicted molar refractivity (Wildman–Crippen MR) is 72.0 cm³/mol. The van der Waals surface area contributed by atoms with E-state index in [9.17, 15) is 9.90 Å². The third kappa shape index (κ3) is 3.16. The minimum absolute atomic E-state index is 0.443. The lowest BCUT2D eigenvalue weighted by molar-refractivity contribution is -0.138. The fourth-order valence-electron chi connectivity index (χ4n) is 2.05. The molecule has 0 amide bonds. The summed E-state index contributed by atoms with van der Waals surface area (Å²) in [5, 5.41) is 9.41. The second kappa shape index (κ2) is 5.61. The number of aliphatic carboxylic acids is 1. The van der Waals surface area contributed by atoms with Gasteiger partial charge in [-0.25, -0.2) is 9.97 Å². The Morgan fingerprint density at radius 3 is 2.63 bits per heavy atom. The van der Waals surface area contributed by atoms with E-state index in [-0.39, 0.29) is 0 Å². The quantitative estimate of drug-likeness (QED) is 0.913. The number of hydrogen-bond donors (Lipinski definition) is 1. The lowest BCUT2D eigenvalue weighted by Crippen LogP contribution is -2.17. The summed E-state index contributed by atoms with van der Waals surface area (Å²) in [6.45, 7) is 3.75. The molecule has 1 atom stereocenters. The first-order valence-corrected chi connectivity index (χ1v) is 6.15. The Kier molecular flexibility index (Phi) is 3.90. The number of aryl methyl sites for hydroxylation is 2. The van der Waals surface area contributed by atoms with Gasteiger partial charge in [-0.1, -0.05) is 24.3 Å². The third-order valence-electron chi connectivity index (χ3n) is 3.14. The van der Waals surface area contributed by atoms with E-state index in [2.05, 4.69) is 9.97 Å². The van der Waals surface area contributed by atoms with Crippen LogP contribution < -0.4 is 0 Å². The Hall–Kier alpha value is -2.23. The van der Waals surface area contributed by atoms with E-state index in [1.54, 1.807) is 19.2 Å². The Morgan fingerprint density at radius 1 is 1.26 bits per heavy atom. The molecule has 0 saturated heterocycles. The minimum atomic E-state index is -0.860. The van der Waals surface area contributed by atoms with E-state index in [1.165, 1.54) is 0 Å². The molecule has 1 N–H and O–H groups in total. The monoisotopic (exact) mass is 256 g/mol. The fourth-order valence-corrected chi connectivity index (χ4v) is 2.05. The zero-order valence-electron chi connectivity index (χ0n) is 11.0. The van der Waals surface area contributed by atoms with Crippen molar-refractivity contribution in [1.29, 1.82) is 0 Å². The lowest BCUT2D eigenvalue weighted by atomic mass is 9.93. The molecule has 0 radical (unpaired) electrons. The molecule has 0 bridgehead atoms. The van der Waals surface area contributed by atoms with Crippen LogP contribution in [0.25, 0.3) is 0 Å². The zero-order valence-corrected chi connectivity index (χ0v) is 11.0. The number of rotatable bonds is 4. The molecule has 0 aliphatic carbocycles. The Bertz CT molecular complexity index is 596. The SMILES string of the molecule is Cc1nccc(C(Cc2ccccc2C)C(=O)O)n1. The summed E-state index contributed by atoms with van der Waals surface area (Å²) < 4.78 is 0. The Balaban J connectivity index is 2.32. The van der Waals surface area contributed by atoms with Crippen LogP contribution >= 0.6 is 0 Å². The summed E-state index contributed by atoms with van der Waals surface area (Å²) in [6, 6.07) is 9.48. The molecular weight excluding hydrogens is 240 g/mol. The van der Waals surface area contributed by atoms with Crippen LogP contribution in [0.3, 0.4) is 0 Å². The van der Waals surface area contributed by atoms with Gasteiger partial charge >= 0.3 is 5.97 Å². The molecule has 4 heteroatoms.